The lowest BCUT2D eigenvalue weighted by molar-refractivity contribution is -0.172. The fraction of sp³-hybridized carbons (Fsp3) is 0.400. The number of ether oxygens (including phenoxy) is 1. The zero-order chi connectivity index (χ0) is 12.9. The van der Waals surface area contributed by atoms with Gasteiger partial charge in [0.05, 0.1) is 28.1 Å². The van der Waals surface area contributed by atoms with Crippen molar-refractivity contribution in [1.29, 1.82) is 0 Å². The fourth-order valence-electron chi connectivity index (χ4n) is 1.06. The topological polar surface area (TPSA) is 26.3 Å². The molecule has 96 valence electrons. The van der Waals surface area contributed by atoms with Gasteiger partial charge in [-0.15, -0.1) is 0 Å². The van der Waals surface area contributed by atoms with Crippen molar-refractivity contribution < 1.29 is 26.5 Å². The van der Waals surface area contributed by atoms with E-state index >= 15 is 0 Å². The maximum Gasteiger partial charge on any atom is 0.411 e. The normalized spacial score (nSPS) is 13.6. The van der Waals surface area contributed by atoms with Crippen LogP contribution in [0.3, 0.4) is 0 Å². The van der Waals surface area contributed by atoms with E-state index in [9.17, 15) is 21.8 Å². The fourth-order valence-corrected chi connectivity index (χ4v) is 2.07. The first-order valence-corrected chi connectivity index (χ1v) is 5.99. The maximum absolute atomic E-state index is 13.1. The molecule has 0 saturated carbocycles. The summed E-state index contributed by atoms with van der Waals surface area (Å²) in [6, 6.07) is 5.42. The van der Waals surface area contributed by atoms with Crippen LogP contribution in [0.4, 0.5) is 17.6 Å². The molecule has 0 aliphatic heterocycles. The second-order valence-corrected chi connectivity index (χ2v) is 4.69. The monoisotopic (exact) mass is 270 g/mol. The van der Waals surface area contributed by atoms with Crippen molar-refractivity contribution in [3.05, 3.63) is 30.1 Å². The minimum absolute atomic E-state index is 0.0249. The molecule has 1 atom stereocenters. The van der Waals surface area contributed by atoms with E-state index in [2.05, 4.69) is 4.74 Å². The Morgan fingerprint density at radius 3 is 2.47 bits per heavy atom. The average molecular weight is 270 g/mol. The standard InChI is InChI=1S/C10H10F4O2S/c11-8-3-1-2-4-9(8)17(15)6-5-16-7-10(12,13)14/h1-4H,5-7H2. The molecule has 0 aliphatic rings. The van der Waals surface area contributed by atoms with Crippen molar-refractivity contribution >= 4 is 10.8 Å². The molecule has 2 nitrogen and oxygen atoms in total. The molecule has 1 aromatic rings. The smallest absolute Gasteiger partial charge is 0.371 e. The molecule has 17 heavy (non-hydrogen) atoms. The van der Waals surface area contributed by atoms with Crippen molar-refractivity contribution in [2.45, 2.75) is 11.1 Å². The predicted octanol–water partition coefficient (Wildman–Crippen LogP) is 2.51. The van der Waals surface area contributed by atoms with Gasteiger partial charge in [0.15, 0.2) is 0 Å². The van der Waals surface area contributed by atoms with E-state index in [1.807, 2.05) is 0 Å². The van der Waals surface area contributed by atoms with Crippen molar-refractivity contribution in [2.75, 3.05) is 19.0 Å². The molecule has 0 fully saturated rings. The van der Waals surface area contributed by atoms with Crippen LogP contribution >= 0.6 is 0 Å². The van der Waals surface area contributed by atoms with Gasteiger partial charge < -0.3 is 4.74 Å². The largest absolute Gasteiger partial charge is 0.411 e. The van der Waals surface area contributed by atoms with Crippen LogP contribution in [0.5, 0.6) is 0 Å². The molecular formula is C10H10F4O2S. The first kappa shape index (κ1) is 14.1. The Bertz CT molecular complexity index is 392. The third kappa shape index (κ3) is 5.27. The zero-order valence-electron chi connectivity index (χ0n) is 8.67. The summed E-state index contributed by atoms with van der Waals surface area (Å²) in [4.78, 5) is -0.0249. The van der Waals surface area contributed by atoms with Crippen LogP contribution in [0, 0.1) is 5.82 Å². The van der Waals surface area contributed by atoms with Crippen molar-refractivity contribution in [3.8, 4) is 0 Å². The van der Waals surface area contributed by atoms with Gasteiger partial charge in [-0.1, -0.05) is 12.1 Å². The van der Waals surface area contributed by atoms with Crippen molar-refractivity contribution in [2.24, 2.45) is 0 Å². The van der Waals surface area contributed by atoms with Gasteiger partial charge in [0, 0.05) is 0 Å². The van der Waals surface area contributed by atoms with E-state index in [4.69, 9.17) is 0 Å². The van der Waals surface area contributed by atoms with E-state index < -0.39 is 29.4 Å². The lowest BCUT2D eigenvalue weighted by Crippen LogP contribution is -2.19. The predicted molar refractivity (Wildman–Crippen MR) is 54.5 cm³/mol. The molecule has 1 aromatic carbocycles. The lowest BCUT2D eigenvalue weighted by atomic mass is 10.3. The summed E-state index contributed by atoms with van der Waals surface area (Å²) in [5.41, 5.74) is 0. The SMILES string of the molecule is O=S(CCOCC(F)(F)F)c1ccccc1F. The molecule has 0 spiro atoms. The molecule has 0 aromatic heterocycles. The first-order valence-electron chi connectivity index (χ1n) is 4.67. The summed E-state index contributed by atoms with van der Waals surface area (Å²) >= 11 is 0. The minimum atomic E-state index is -4.40. The molecule has 0 N–H and O–H groups in total. The average Bonchev–Trinajstić information content (AvgIpc) is 2.23. The zero-order valence-corrected chi connectivity index (χ0v) is 9.48. The van der Waals surface area contributed by atoms with Crippen molar-refractivity contribution in [1.82, 2.24) is 0 Å². The van der Waals surface area contributed by atoms with Crippen LogP contribution < -0.4 is 0 Å². The highest BCUT2D eigenvalue weighted by Gasteiger charge is 2.27. The Morgan fingerprint density at radius 1 is 1.24 bits per heavy atom. The van der Waals surface area contributed by atoms with Gasteiger partial charge in [0.1, 0.15) is 12.4 Å². The summed E-state index contributed by atoms with van der Waals surface area (Å²) in [5.74, 6) is -0.807. The Kier molecular flexibility index (Phi) is 5.07. The quantitative estimate of drug-likeness (QED) is 0.607. The van der Waals surface area contributed by atoms with E-state index in [0.29, 0.717) is 0 Å². The van der Waals surface area contributed by atoms with E-state index in [1.165, 1.54) is 18.2 Å². The highest BCUT2D eigenvalue weighted by molar-refractivity contribution is 7.85. The molecule has 0 bridgehead atoms. The van der Waals surface area contributed by atoms with Crippen molar-refractivity contribution in [3.63, 3.8) is 0 Å². The van der Waals surface area contributed by atoms with Gasteiger partial charge in [-0.2, -0.15) is 13.2 Å². The molecule has 7 heteroatoms. The Balaban J connectivity index is 2.39. The molecule has 0 amide bonds. The molecular weight excluding hydrogens is 260 g/mol. The molecule has 1 rings (SSSR count). The number of hydrogen-bond donors (Lipinski definition) is 0. The Morgan fingerprint density at radius 2 is 1.88 bits per heavy atom. The van der Waals surface area contributed by atoms with Crippen LogP contribution in [0.15, 0.2) is 29.2 Å². The Hall–Kier alpha value is -0.950. The summed E-state index contributed by atoms with van der Waals surface area (Å²) in [6.45, 7) is -1.72. The van der Waals surface area contributed by atoms with Crippen LogP contribution in [-0.4, -0.2) is 29.4 Å². The third-order valence-electron chi connectivity index (χ3n) is 1.76. The minimum Gasteiger partial charge on any atom is -0.371 e. The van der Waals surface area contributed by atoms with E-state index in [-0.39, 0.29) is 17.3 Å². The first-order chi connectivity index (χ1) is 7.90. The molecule has 1 unspecified atom stereocenters. The van der Waals surface area contributed by atoms with Gasteiger partial charge in [-0.25, -0.2) is 4.39 Å². The number of alkyl halides is 3. The second-order valence-electron chi connectivity index (χ2n) is 3.15. The Labute approximate surface area is 98.0 Å². The molecule has 0 heterocycles. The van der Waals surface area contributed by atoms with Gasteiger partial charge in [0.2, 0.25) is 0 Å². The third-order valence-corrected chi connectivity index (χ3v) is 3.12. The van der Waals surface area contributed by atoms with Crippen LogP contribution in [-0.2, 0) is 15.5 Å². The molecule has 0 radical (unpaired) electrons. The summed E-state index contributed by atoms with van der Waals surface area (Å²) in [6.07, 6.45) is -4.40. The number of halogens is 4. The summed E-state index contributed by atoms with van der Waals surface area (Å²) in [5, 5.41) is 0. The van der Waals surface area contributed by atoms with E-state index in [0.717, 1.165) is 6.07 Å². The van der Waals surface area contributed by atoms with Gasteiger partial charge in [0.25, 0.3) is 0 Å². The number of benzene rings is 1. The van der Waals surface area contributed by atoms with Gasteiger partial charge in [-0.05, 0) is 12.1 Å². The maximum atomic E-state index is 13.1. The highest BCUT2D eigenvalue weighted by atomic mass is 32.2. The number of hydrogen-bond acceptors (Lipinski definition) is 2. The molecule has 0 aliphatic carbocycles. The highest BCUT2D eigenvalue weighted by Crippen LogP contribution is 2.15. The van der Waals surface area contributed by atoms with Crippen LogP contribution in [0.2, 0.25) is 0 Å². The van der Waals surface area contributed by atoms with Gasteiger partial charge in [-0.3, -0.25) is 4.21 Å². The van der Waals surface area contributed by atoms with Crippen LogP contribution in [0.1, 0.15) is 0 Å². The second kappa shape index (κ2) is 6.11. The summed E-state index contributed by atoms with van der Waals surface area (Å²) < 4.78 is 64.0. The van der Waals surface area contributed by atoms with Crippen LogP contribution in [0.25, 0.3) is 0 Å². The molecule has 0 saturated heterocycles. The number of rotatable bonds is 5. The van der Waals surface area contributed by atoms with E-state index in [1.54, 1.807) is 0 Å². The lowest BCUT2D eigenvalue weighted by Gasteiger charge is -2.07. The van der Waals surface area contributed by atoms with Gasteiger partial charge >= 0.3 is 6.18 Å². The summed E-state index contributed by atoms with van der Waals surface area (Å²) in [7, 11) is -1.69.